The number of ether oxygens (including phenoxy) is 1. The Morgan fingerprint density at radius 3 is 2.52 bits per heavy atom. The van der Waals surface area contributed by atoms with Crippen molar-refractivity contribution in [3.8, 4) is 11.1 Å². The van der Waals surface area contributed by atoms with E-state index in [4.69, 9.17) is 4.74 Å². The van der Waals surface area contributed by atoms with E-state index in [-0.39, 0.29) is 17.3 Å². The average molecular weight is 303 g/mol. The number of para-hydroxylation sites is 1. The number of carbonyl (C=O) groups is 2. The maximum Gasteiger partial charge on any atom is 0.229 e. The SMILES string of the molecule is COC1=CC(=O)c2cccc(-c3c[nH]c4ccccc34)c2C1=O. The minimum atomic E-state index is -0.261. The lowest BCUT2D eigenvalue weighted by atomic mass is 9.87. The molecule has 0 radical (unpaired) electrons. The standard InChI is InChI=1S/C19H13NO3/c1-23-17-9-16(21)13-7-4-6-12(18(13)19(17)22)14-10-20-15-8-3-2-5-11(14)15/h2-10,20H,1H3. The number of ketones is 2. The summed E-state index contributed by atoms with van der Waals surface area (Å²) in [6.45, 7) is 0. The summed E-state index contributed by atoms with van der Waals surface area (Å²) in [5, 5.41) is 1.01. The zero-order valence-corrected chi connectivity index (χ0v) is 12.4. The van der Waals surface area contributed by atoms with Gasteiger partial charge in [-0.05, 0) is 11.6 Å². The molecule has 0 aliphatic heterocycles. The highest BCUT2D eigenvalue weighted by atomic mass is 16.5. The van der Waals surface area contributed by atoms with Crippen LogP contribution in [0.5, 0.6) is 0 Å². The van der Waals surface area contributed by atoms with Gasteiger partial charge < -0.3 is 9.72 Å². The molecular formula is C19H13NO3. The largest absolute Gasteiger partial charge is 0.492 e. The summed E-state index contributed by atoms with van der Waals surface area (Å²) in [6, 6.07) is 13.2. The number of hydrogen-bond acceptors (Lipinski definition) is 3. The fourth-order valence-electron chi connectivity index (χ4n) is 3.06. The molecule has 0 atom stereocenters. The van der Waals surface area contributed by atoms with Crippen LogP contribution in [0.3, 0.4) is 0 Å². The van der Waals surface area contributed by atoms with Crippen molar-refractivity contribution < 1.29 is 14.3 Å². The van der Waals surface area contributed by atoms with Crippen LogP contribution >= 0.6 is 0 Å². The molecule has 4 rings (SSSR count). The fourth-order valence-corrected chi connectivity index (χ4v) is 3.06. The Balaban J connectivity index is 2.02. The quantitative estimate of drug-likeness (QED) is 0.784. The van der Waals surface area contributed by atoms with Crippen molar-refractivity contribution in [3.63, 3.8) is 0 Å². The molecule has 1 aromatic heterocycles. The number of rotatable bonds is 2. The van der Waals surface area contributed by atoms with Gasteiger partial charge in [-0.15, -0.1) is 0 Å². The van der Waals surface area contributed by atoms with Gasteiger partial charge in [-0.3, -0.25) is 9.59 Å². The fraction of sp³-hybridized carbons (Fsp3) is 0.0526. The van der Waals surface area contributed by atoms with Gasteiger partial charge >= 0.3 is 0 Å². The third-order valence-electron chi connectivity index (χ3n) is 4.14. The molecule has 0 spiro atoms. The van der Waals surface area contributed by atoms with Gasteiger partial charge in [0, 0.05) is 39.9 Å². The van der Waals surface area contributed by atoms with Crippen LogP contribution in [0.25, 0.3) is 22.0 Å². The van der Waals surface area contributed by atoms with Crippen molar-refractivity contribution in [1.29, 1.82) is 0 Å². The van der Waals surface area contributed by atoms with Gasteiger partial charge in [0.05, 0.1) is 7.11 Å². The smallest absolute Gasteiger partial charge is 0.229 e. The third-order valence-corrected chi connectivity index (χ3v) is 4.14. The van der Waals surface area contributed by atoms with Crippen molar-refractivity contribution in [2.75, 3.05) is 7.11 Å². The normalized spacial score (nSPS) is 13.9. The number of aromatic nitrogens is 1. The summed E-state index contributed by atoms with van der Waals surface area (Å²) in [5.41, 5.74) is 3.44. The lowest BCUT2D eigenvalue weighted by molar-refractivity contribution is 0.0917. The second kappa shape index (κ2) is 4.95. The molecule has 4 nitrogen and oxygen atoms in total. The first-order valence-electron chi connectivity index (χ1n) is 7.25. The zero-order chi connectivity index (χ0) is 16.0. The first kappa shape index (κ1) is 13.5. The van der Waals surface area contributed by atoms with E-state index in [9.17, 15) is 9.59 Å². The average Bonchev–Trinajstić information content (AvgIpc) is 3.01. The number of aromatic amines is 1. The summed E-state index contributed by atoms with van der Waals surface area (Å²) < 4.78 is 5.07. The molecule has 112 valence electrons. The second-order valence-electron chi connectivity index (χ2n) is 5.38. The van der Waals surface area contributed by atoms with Gasteiger partial charge in [-0.2, -0.15) is 0 Å². The van der Waals surface area contributed by atoms with E-state index in [0.29, 0.717) is 11.1 Å². The number of benzene rings is 2. The van der Waals surface area contributed by atoms with Crippen molar-refractivity contribution in [2.45, 2.75) is 0 Å². The minimum absolute atomic E-state index is 0.0785. The Morgan fingerprint density at radius 1 is 0.913 bits per heavy atom. The van der Waals surface area contributed by atoms with Crippen LogP contribution in [0.15, 0.2) is 60.5 Å². The number of fused-ring (bicyclic) bond motifs is 2. The molecule has 0 fully saturated rings. The van der Waals surface area contributed by atoms with Crippen molar-refractivity contribution in [3.05, 3.63) is 71.6 Å². The number of H-pyrrole nitrogens is 1. The predicted octanol–water partition coefficient (Wildman–Crippen LogP) is 3.74. The Kier molecular flexibility index (Phi) is 2.91. The van der Waals surface area contributed by atoms with Crippen molar-refractivity contribution in [2.24, 2.45) is 0 Å². The van der Waals surface area contributed by atoms with E-state index < -0.39 is 0 Å². The van der Waals surface area contributed by atoms with Crippen LogP contribution < -0.4 is 0 Å². The van der Waals surface area contributed by atoms with Gasteiger partial charge in [-0.1, -0.05) is 36.4 Å². The van der Waals surface area contributed by atoms with E-state index in [2.05, 4.69) is 4.98 Å². The van der Waals surface area contributed by atoms with Gasteiger partial charge in [0.2, 0.25) is 5.78 Å². The van der Waals surface area contributed by atoms with Crippen LogP contribution in [0.4, 0.5) is 0 Å². The van der Waals surface area contributed by atoms with Gasteiger partial charge in [0.1, 0.15) is 0 Å². The highest BCUT2D eigenvalue weighted by Crippen LogP contribution is 2.35. The van der Waals surface area contributed by atoms with Crippen LogP contribution in [0.2, 0.25) is 0 Å². The van der Waals surface area contributed by atoms with Crippen LogP contribution in [0, 0.1) is 0 Å². The molecule has 1 aliphatic rings. The Hall–Kier alpha value is -3.14. The maximum atomic E-state index is 12.7. The van der Waals surface area contributed by atoms with Crippen LogP contribution in [0.1, 0.15) is 20.7 Å². The molecule has 0 unspecified atom stereocenters. The van der Waals surface area contributed by atoms with Crippen LogP contribution in [-0.4, -0.2) is 23.7 Å². The molecule has 23 heavy (non-hydrogen) atoms. The molecule has 0 saturated carbocycles. The van der Waals surface area contributed by atoms with E-state index in [0.717, 1.165) is 22.0 Å². The topological polar surface area (TPSA) is 59.2 Å². The Labute approximate surface area is 132 Å². The van der Waals surface area contributed by atoms with Crippen molar-refractivity contribution in [1.82, 2.24) is 4.98 Å². The molecule has 1 aliphatic carbocycles. The van der Waals surface area contributed by atoms with Gasteiger partial charge in [0.25, 0.3) is 0 Å². The summed E-state index contributed by atoms with van der Waals surface area (Å²) >= 11 is 0. The number of carbonyl (C=O) groups excluding carboxylic acids is 2. The Morgan fingerprint density at radius 2 is 1.70 bits per heavy atom. The van der Waals surface area contributed by atoms with Crippen molar-refractivity contribution >= 4 is 22.5 Å². The van der Waals surface area contributed by atoms with Gasteiger partial charge in [0.15, 0.2) is 11.5 Å². The summed E-state index contributed by atoms with van der Waals surface area (Å²) in [4.78, 5) is 28.2. The molecule has 3 aromatic rings. The molecule has 1 heterocycles. The molecule has 0 amide bonds. The predicted molar refractivity (Wildman–Crippen MR) is 87.5 cm³/mol. The maximum absolute atomic E-state index is 12.7. The molecular weight excluding hydrogens is 290 g/mol. The molecule has 0 bridgehead atoms. The monoisotopic (exact) mass is 303 g/mol. The van der Waals surface area contributed by atoms with Crippen LogP contribution in [-0.2, 0) is 4.74 Å². The van der Waals surface area contributed by atoms with E-state index >= 15 is 0 Å². The number of Topliss-reactive ketones (excluding diaryl/α,β-unsaturated/α-hetero) is 1. The highest BCUT2D eigenvalue weighted by Gasteiger charge is 2.29. The number of nitrogens with one attached hydrogen (secondary N) is 1. The number of allylic oxidation sites excluding steroid dienone is 2. The second-order valence-corrected chi connectivity index (χ2v) is 5.38. The Bertz CT molecular complexity index is 995. The highest BCUT2D eigenvalue weighted by molar-refractivity contribution is 6.26. The first-order chi connectivity index (χ1) is 11.2. The van der Waals surface area contributed by atoms with E-state index in [1.54, 1.807) is 12.1 Å². The zero-order valence-electron chi connectivity index (χ0n) is 12.4. The number of methoxy groups -OCH3 is 1. The summed E-state index contributed by atoms with van der Waals surface area (Å²) in [7, 11) is 1.40. The number of hydrogen-bond donors (Lipinski definition) is 1. The summed E-state index contributed by atoms with van der Waals surface area (Å²) in [5.74, 6) is -0.393. The minimum Gasteiger partial charge on any atom is -0.492 e. The van der Waals surface area contributed by atoms with E-state index in [1.165, 1.54) is 13.2 Å². The lowest BCUT2D eigenvalue weighted by Gasteiger charge is -2.17. The molecule has 0 saturated heterocycles. The lowest BCUT2D eigenvalue weighted by Crippen LogP contribution is -2.19. The third kappa shape index (κ3) is 1.92. The first-order valence-corrected chi connectivity index (χ1v) is 7.25. The summed E-state index contributed by atoms with van der Waals surface area (Å²) in [6.07, 6.45) is 3.12. The van der Waals surface area contributed by atoms with Gasteiger partial charge in [-0.25, -0.2) is 0 Å². The molecule has 2 aromatic carbocycles. The molecule has 4 heteroatoms. The van der Waals surface area contributed by atoms with E-state index in [1.807, 2.05) is 36.5 Å². The molecule has 1 N–H and O–H groups in total.